The molecule has 7 heteroatoms. The second-order valence-corrected chi connectivity index (χ2v) is 8.83. The Bertz CT molecular complexity index is 1130. The number of anilines is 1. The summed E-state index contributed by atoms with van der Waals surface area (Å²) in [6, 6.07) is 11.0. The molecule has 4 heterocycles. The van der Waals surface area contributed by atoms with Crippen molar-refractivity contribution >= 4 is 27.4 Å². The molecule has 2 aliphatic rings. The molecule has 2 fully saturated rings. The van der Waals surface area contributed by atoms with E-state index < -0.39 is 0 Å². The molecule has 6 rings (SSSR count). The topological polar surface area (TPSA) is 59.7 Å². The Kier molecular flexibility index (Phi) is 4.08. The number of rotatable bonds is 4. The Morgan fingerprint density at radius 3 is 2.52 bits per heavy atom. The molecule has 29 heavy (non-hydrogen) atoms. The van der Waals surface area contributed by atoms with E-state index >= 15 is 0 Å². The van der Waals surface area contributed by atoms with Crippen molar-refractivity contribution in [2.45, 2.75) is 37.6 Å². The summed E-state index contributed by atoms with van der Waals surface area (Å²) in [5, 5.41) is 11.6. The maximum absolute atomic E-state index is 5.12. The number of hydrogen-bond acceptors (Lipinski definition) is 6. The summed E-state index contributed by atoms with van der Waals surface area (Å²) in [6.45, 7) is 1.95. The first-order valence-electron chi connectivity index (χ1n) is 10.3. The standard InChI is InChI=1S/C22H22N6S/c1-2-4-15(5-3-1)18-14-29-22-19(18)21(24-20(25-22)16-6-7-16)27-11-8-17(9-12-27)28-13-10-23-26-28/h1-5,10,13-14,16-17H,6-9,11-12H2. The first kappa shape index (κ1) is 17.1. The third-order valence-electron chi connectivity index (χ3n) is 6.04. The Hall–Kier alpha value is -2.80. The van der Waals surface area contributed by atoms with Crippen LogP contribution in [0.5, 0.6) is 0 Å². The van der Waals surface area contributed by atoms with E-state index in [4.69, 9.17) is 9.97 Å². The number of benzene rings is 1. The van der Waals surface area contributed by atoms with Gasteiger partial charge in [-0.05, 0) is 31.2 Å². The van der Waals surface area contributed by atoms with Crippen LogP contribution in [0.1, 0.15) is 43.5 Å². The highest BCUT2D eigenvalue weighted by molar-refractivity contribution is 7.17. The molecule has 0 atom stereocenters. The molecule has 4 aromatic rings. The predicted octanol–water partition coefficient (Wildman–Crippen LogP) is 4.67. The van der Waals surface area contributed by atoms with Crippen LogP contribution in [0.3, 0.4) is 0 Å². The molecular weight excluding hydrogens is 380 g/mol. The highest BCUT2D eigenvalue weighted by Crippen LogP contribution is 2.44. The zero-order chi connectivity index (χ0) is 19.2. The Morgan fingerprint density at radius 2 is 1.79 bits per heavy atom. The van der Waals surface area contributed by atoms with Gasteiger partial charge in [0.15, 0.2) is 0 Å². The molecule has 0 amide bonds. The molecule has 1 saturated heterocycles. The summed E-state index contributed by atoms with van der Waals surface area (Å²) in [4.78, 5) is 13.7. The lowest BCUT2D eigenvalue weighted by atomic mass is 10.0. The van der Waals surface area contributed by atoms with E-state index in [1.807, 2.05) is 10.9 Å². The molecular formula is C22H22N6S. The summed E-state index contributed by atoms with van der Waals surface area (Å²) in [5.41, 5.74) is 2.49. The lowest BCUT2D eigenvalue weighted by Gasteiger charge is -2.33. The van der Waals surface area contributed by atoms with Crippen molar-refractivity contribution in [2.24, 2.45) is 0 Å². The van der Waals surface area contributed by atoms with E-state index in [0.717, 1.165) is 42.4 Å². The maximum atomic E-state index is 5.12. The van der Waals surface area contributed by atoms with Gasteiger partial charge >= 0.3 is 0 Å². The SMILES string of the molecule is c1ccc(-c2csc3nc(C4CC4)nc(N4CCC(n5ccnn5)CC4)c23)cc1. The largest absolute Gasteiger partial charge is 0.356 e. The van der Waals surface area contributed by atoms with Crippen LogP contribution in [0.2, 0.25) is 0 Å². The summed E-state index contributed by atoms with van der Waals surface area (Å²) < 4.78 is 2.00. The minimum atomic E-state index is 0.421. The van der Waals surface area contributed by atoms with Gasteiger partial charge in [-0.2, -0.15) is 0 Å². The van der Waals surface area contributed by atoms with E-state index in [9.17, 15) is 0 Å². The lowest BCUT2D eigenvalue weighted by Crippen LogP contribution is -2.35. The van der Waals surface area contributed by atoms with Gasteiger partial charge in [0.05, 0.1) is 17.6 Å². The Morgan fingerprint density at radius 1 is 0.966 bits per heavy atom. The number of nitrogens with zero attached hydrogens (tertiary/aromatic N) is 6. The van der Waals surface area contributed by atoms with Crippen molar-refractivity contribution < 1.29 is 0 Å². The molecule has 6 nitrogen and oxygen atoms in total. The minimum Gasteiger partial charge on any atom is -0.356 e. The summed E-state index contributed by atoms with van der Waals surface area (Å²) in [6.07, 6.45) is 8.28. The third-order valence-corrected chi connectivity index (χ3v) is 6.91. The van der Waals surface area contributed by atoms with Crippen LogP contribution in [0.4, 0.5) is 5.82 Å². The monoisotopic (exact) mass is 402 g/mol. The number of fused-ring (bicyclic) bond motifs is 1. The van der Waals surface area contributed by atoms with Crippen LogP contribution in [-0.2, 0) is 0 Å². The van der Waals surface area contributed by atoms with Gasteiger partial charge in [0.25, 0.3) is 0 Å². The number of piperidine rings is 1. The van der Waals surface area contributed by atoms with Gasteiger partial charge in [0, 0.05) is 36.1 Å². The fourth-order valence-electron chi connectivity index (χ4n) is 4.28. The molecule has 0 bridgehead atoms. The molecule has 146 valence electrons. The molecule has 3 aromatic heterocycles. The van der Waals surface area contributed by atoms with Crippen molar-refractivity contribution in [3.63, 3.8) is 0 Å². The highest BCUT2D eigenvalue weighted by Gasteiger charge is 2.31. The van der Waals surface area contributed by atoms with E-state index in [1.54, 1.807) is 17.5 Å². The zero-order valence-corrected chi connectivity index (χ0v) is 16.9. The van der Waals surface area contributed by atoms with Gasteiger partial charge in [-0.25, -0.2) is 14.6 Å². The normalized spacial score (nSPS) is 17.9. The minimum absolute atomic E-state index is 0.421. The van der Waals surface area contributed by atoms with E-state index in [2.05, 4.69) is 50.9 Å². The highest BCUT2D eigenvalue weighted by atomic mass is 32.1. The van der Waals surface area contributed by atoms with Gasteiger partial charge in [-0.3, -0.25) is 0 Å². The lowest BCUT2D eigenvalue weighted by molar-refractivity contribution is 0.359. The van der Waals surface area contributed by atoms with Crippen LogP contribution in [0, 0.1) is 0 Å². The van der Waals surface area contributed by atoms with Gasteiger partial charge in [0.2, 0.25) is 0 Å². The van der Waals surface area contributed by atoms with Crippen molar-refractivity contribution in [3.05, 3.63) is 53.9 Å². The Balaban J connectivity index is 1.40. The molecule has 0 N–H and O–H groups in total. The average Bonchev–Trinajstić information content (AvgIpc) is 3.31. The molecule has 1 aromatic carbocycles. The number of aromatic nitrogens is 5. The zero-order valence-electron chi connectivity index (χ0n) is 16.1. The van der Waals surface area contributed by atoms with Crippen LogP contribution in [-0.4, -0.2) is 38.1 Å². The van der Waals surface area contributed by atoms with Crippen LogP contribution < -0.4 is 4.90 Å². The van der Waals surface area contributed by atoms with Gasteiger partial charge < -0.3 is 4.90 Å². The first-order chi connectivity index (χ1) is 14.4. The van der Waals surface area contributed by atoms with Crippen molar-refractivity contribution in [1.82, 2.24) is 25.0 Å². The second-order valence-electron chi connectivity index (χ2n) is 7.98. The fourth-order valence-corrected chi connectivity index (χ4v) is 5.23. The van der Waals surface area contributed by atoms with Crippen LogP contribution in [0.25, 0.3) is 21.3 Å². The summed E-state index contributed by atoms with van der Waals surface area (Å²) in [7, 11) is 0. The van der Waals surface area contributed by atoms with E-state index in [0.29, 0.717) is 12.0 Å². The smallest absolute Gasteiger partial charge is 0.141 e. The van der Waals surface area contributed by atoms with Crippen molar-refractivity contribution in [3.8, 4) is 11.1 Å². The van der Waals surface area contributed by atoms with E-state index in [1.165, 1.54) is 29.4 Å². The quantitative estimate of drug-likeness (QED) is 0.496. The number of thiophene rings is 1. The summed E-state index contributed by atoms with van der Waals surface area (Å²) in [5.74, 6) is 2.70. The van der Waals surface area contributed by atoms with Crippen molar-refractivity contribution in [1.29, 1.82) is 0 Å². The fraction of sp³-hybridized carbons (Fsp3) is 0.364. The third kappa shape index (κ3) is 3.09. The average molecular weight is 403 g/mol. The molecule has 1 aliphatic carbocycles. The maximum Gasteiger partial charge on any atom is 0.141 e. The van der Waals surface area contributed by atoms with Gasteiger partial charge in [-0.15, -0.1) is 16.4 Å². The van der Waals surface area contributed by atoms with Gasteiger partial charge in [-0.1, -0.05) is 35.5 Å². The van der Waals surface area contributed by atoms with Crippen molar-refractivity contribution in [2.75, 3.05) is 18.0 Å². The van der Waals surface area contributed by atoms with Crippen LogP contribution >= 0.6 is 11.3 Å². The predicted molar refractivity (Wildman–Crippen MR) is 115 cm³/mol. The summed E-state index contributed by atoms with van der Waals surface area (Å²) >= 11 is 1.74. The molecule has 0 spiro atoms. The number of hydrogen-bond donors (Lipinski definition) is 0. The molecule has 1 aliphatic heterocycles. The molecule has 0 radical (unpaired) electrons. The second kappa shape index (κ2) is 6.91. The van der Waals surface area contributed by atoms with E-state index in [-0.39, 0.29) is 0 Å². The van der Waals surface area contributed by atoms with Crippen LogP contribution in [0.15, 0.2) is 48.1 Å². The molecule has 0 unspecified atom stereocenters. The Labute approximate surface area is 173 Å². The van der Waals surface area contributed by atoms with Gasteiger partial charge in [0.1, 0.15) is 16.5 Å². The molecule has 1 saturated carbocycles. The first-order valence-corrected chi connectivity index (χ1v) is 11.2.